The van der Waals surface area contributed by atoms with E-state index in [2.05, 4.69) is 96.1 Å². The SMILES string of the molecule is C=C/C=c1/c(-c2ccccc2)nc(-n2c3ccccc3c3c4c(ccc32)-c2cccc3cccc(c23)O4)n/c1=C/C. The number of fused-ring (bicyclic) bond motifs is 6. The van der Waals surface area contributed by atoms with E-state index in [0.717, 1.165) is 66.1 Å². The van der Waals surface area contributed by atoms with Crippen molar-refractivity contribution in [1.29, 1.82) is 0 Å². The van der Waals surface area contributed by atoms with Gasteiger partial charge in [0.15, 0.2) is 0 Å². The summed E-state index contributed by atoms with van der Waals surface area (Å²) in [5.41, 5.74) is 6.20. The van der Waals surface area contributed by atoms with E-state index in [1.54, 1.807) is 6.08 Å². The van der Waals surface area contributed by atoms with Gasteiger partial charge in [0.05, 0.1) is 27.5 Å². The van der Waals surface area contributed by atoms with Crippen LogP contribution in [0.5, 0.6) is 11.5 Å². The standard InChI is InChI=1S/C37H25N3O/c1-3-12-27-29(4-2)38-37(39-35(27)24-13-6-5-7-14-24)40-30-19-9-8-17-28(30)34-31(40)22-21-26-25-18-10-15-23-16-11-20-32(33(23)25)41-36(26)34/h3-22H,1H2,2H3/b27-12+,29-4+. The summed E-state index contributed by atoms with van der Waals surface area (Å²) in [6.07, 6.45) is 5.80. The van der Waals surface area contributed by atoms with Gasteiger partial charge in [0.2, 0.25) is 5.95 Å². The Balaban J connectivity index is 1.49. The molecule has 4 nitrogen and oxygen atoms in total. The zero-order valence-corrected chi connectivity index (χ0v) is 22.5. The summed E-state index contributed by atoms with van der Waals surface area (Å²) in [5.74, 6) is 2.36. The van der Waals surface area contributed by atoms with E-state index in [9.17, 15) is 0 Å². The van der Waals surface area contributed by atoms with Crippen LogP contribution in [0.3, 0.4) is 0 Å². The minimum atomic E-state index is 0.614. The van der Waals surface area contributed by atoms with Gasteiger partial charge in [-0.25, -0.2) is 9.97 Å². The summed E-state index contributed by atoms with van der Waals surface area (Å²) in [6, 6.07) is 35.7. The molecule has 0 radical (unpaired) electrons. The molecule has 3 heterocycles. The van der Waals surface area contributed by atoms with Gasteiger partial charge in [0.1, 0.15) is 11.5 Å². The summed E-state index contributed by atoms with van der Waals surface area (Å²) >= 11 is 0. The molecule has 0 spiro atoms. The first-order chi connectivity index (χ1) is 20.3. The topological polar surface area (TPSA) is 39.9 Å². The Morgan fingerprint density at radius 1 is 0.732 bits per heavy atom. The van der Waals surface area contributed by atoms with Crippen molar-refractivity contribution in [3.8, 4) is 39.8 Å². The van der Waals surface area contributed by atoms with Gasteiger partial charge >= 0.3 is 0 Å². The number of hydrogen-bond acceptors (Lipinski definition) is 3. The van der Waals surface area contributed by atoms with Gasteiger partial charge in [-0.15, -0.1) is 0 Å². The summed E-state index contributed by atoms with van der Waals surface area (Å²) in [4.78, 5) is 10.3. The Bertz CT molecular complexity index is 2310. The van der Waals surface area contributed by atoms with E-state index >= 15 is 0 Å². The van der Waals surface area contributed by atoms with Crippen LogP contribution in [0, 0.1) is 0 Å². The predicted molar refractivity (Wildman–Crippen MR) is 169 cm³/mol. The molecule has 0 bridgehead atoms. The fourth-order valence-corrected chi connectivity index (χ4v) is 6.18. The molecule has 2 aromatic heterocycles. The maximum atomic E-state index is 6.73. The molecule has 8 rings (SSSR count). The lowest BCUT2D eigenvalue weighted by Gasteiger charge is -2.22. The molecule has 5 aromatic carbocycles. The van der Waals surface area contributed by atoms with Crippen LogP contribution in [0.15, 0.2) is 116 Å². The van der Waals surface area contributed by atoms with Crippen LogP contribution >= 0.6 is 0 Å². The normalized spacial score (nSPS) is 13.1. The Kier molecular flexibility index (Phi) is 5.16. The molecule has 0 saturated carbocycles. The second-order valence-electron chi connectivity index (χ2n) is 10.2. The van der Waals surface area contributed by atoms with Gasteiger partial charge in [-0.3, -0.25) is 4.57 Å². The lowest BCUT2D eigenvalue weighted by molar-refractivity contribution is 0.493. The van der Waals surface area contributed by atoms with Gasteiger partial charge < -0.3 is 4.74 Å². The maximum absolute atomic E-state index is 6.73. The van der Waals surface area contributed by atoms with Crippen LogP contribution in [0.25, 0.3) is 73.1 Å². The second kappa shape index (κ2) is 9.04. The molecular weight excluding hydrogens is 502 g/mol. The molecule has 1 aliphatic heterocycles. The zero-order chi connectivity index (χ0) is 27.5. The number of benzene rings is 5. The van der Waals surface area contributed by atoms with Crippen molar-refractivity contribution < 1.29 is 4.74 Å². The lowest BCUT2D eigenvalue weighted by Crippen LogP contribution is -2.33. The van der Waals surface area contributed by atoms with Crippen molar-refractivity contribution in [3.63, 3.8) is 0 Å². The minimum absolute atomic E-state index is 0.614. The Morgan fingerprint density at radius 3 is 2.37 bits per heavy atom. The van der Waals surface area contributed by atoms with Gasteiger partial charge in [0.25, 0.3) is 0 Å². The fraction of sp³-hybridized carbons (Fsp3) is 0.0270. The predicted octanol–water partition coefficient (Wildman–Crippen LogP) is 7.93. The van der Waals surface area contributed by atoms with E-state index in [-0.39, 0.29) is 0 Å². The first kappa shape index (κ1) is 23.4. The first-order valence-corrected chi connectivity index (χ1v) is 13.8. The highest BCUT2D eigenvalue weighted by molar-refractivity contribution is 6.17. The lowest BCUT2D eigenvalue weighted by atomic mass is 9.93. The van der Waals surface area contributed by atoms with Crippen LogP contribution in [0.1, 0.15) is 6.92 Å². The Hall–Kier alpha value is -5.48. The number of allylic oxidation sites excluding steroid dienone is 1. The fourth-order valence-electron chi connectivity index (χ4n) is 6.18. The highest BCUT2D eigenvalue weighted by atomic mass is 16.5. The van der Waals surface area contributed by atoms with Crippen LogP contribution < -0.4 is 15.3 Å². The van der Waals surface area contributed by atoms with Crippen molar-refractivity contribution in [2.24, 2.45) is 0 Å². The molecule has 0 fully saturated rings. The van der Waals surface area contributed by atoms with E-state index in [1.807, 2.05) is 37.3 Å². The zero-order valence-electron chi connectivity index (χ0n) is 22.5. The van der Waals surface area contributed by atoms with Crippen molar-refractivity contribution in [2.45, 2.75) is 6.92 Å². The van der Waals surface area contributed by atoms with Crippen LogP contribution in [0.4, 0.5) is 0 Å². The van der Waals surface area contributed by atoms with E-state index < -0.39 is 0 Å². The molecule has 0 saturated heterocycles. The molecule has 0 atom stereocenters. The van der Waals surface area contributed by atoms with Crippen molar-refractivity contribution in [3.05, 3.63) is 126 Å². The van der Waals surface area contributed by atoms with Crippen molar-refractivity contribution in [2.75, 3.05) is 0 Å². The summed E-state index contributed by atoms with van der Waals surface area (Å²) in [7, 11) is 0. The van der Waals surface area contributed by atoms with E-state index in [1.165, 1.54) is 10.9 Å². The second-order valence-corrected chi connectivity index (χ2v) is 10.2. The number of rotatable bonds is 3. The summed E-state index contributed by atoms with van der Waals surface area (Å²) < 4.78 is 8.89. The van der Waals surface area contributed by atoms with E-state index in [0.29, 0.717) is 5.95 Å². The highest BCUT2D eigenvalue weighted by Crippen LogP contribution is 2.51. The molecule has 194 valence electrons. The monoisotopic (exact) mass is 527 g/mol. The Morgan fingerprint density at radius 2 is 1.54 bits per heavy atom. The molecule has 0 unspecified atom stereocenters. The largest absolute Gasteiger partial charge is 0.455 e. The number of hydrogen-bond donors (Lipinski definition) is 0. The average molecular weight is 528 g/mol. The maximum Gasteiger partial charge on any atom is 0.235 e. The number of para-hydroxylation sites is 1. The summed E-state index contributed by atoms with van der Waals surface area (Å²) in [6.45, 7) is 5.96. The molecule has 0 amide bonds. The van der Waals surface area contributed by atoms with E-state index in [4.69, 9.17) is 14.7 Å². The molecule has 0 aliphatic carbocycles. The molecule has 41 heavy (non-hydrogen) atoms. The highest BCUT2D eigenvalue weighted by Gasteiger charge is 2.26. The number of nitrogens with zero attached hydrogens (tertiary/aromatic N) is 3. The molecule has 1 aliphatic rings. The van der Waals surface area contributed by atoms with Gasteiger partial charge in [-0.2, -0.15) is 0 Å². The molecule has 0 N–H and O–H groups in total. The summed E-state index contributed by atoms with van der Waals surface area (Å²) in [5, 5.41) is 6.28. The number of aromatic nitrogens is 3. The van der Waals surface area contributed by atoms with Crippen molar-refractivity contribution >= 4 is 44.7 Å². The van der Waals surface area contributed by atoms with Crippen LogP contribution in [-0.4, -0.2) is 14.5 Å². The van der Waals surface area contributed by atoms with Gasteiger partial charge in [0, 0.05) is 27.1 Å². The van der Waals surface area contributed by atoms with Crippen LogP contribution in [-0.2, 0) is 0 Å². The third-order valence-electron chi connectivity index (χ3n) is 7.93. The quantitative estimate of drug-likeness (QED) is 0.234. The molecular formula is C37H25N3O. The third kappa shape index (κ3) is 3.41. The number of ether oxygens (including phenoxy) is 1. The minimum Gasteiger partial charge on any atom is -0.455 e. The Labute approximate surface area is 236 Å². The van der Waals surface area contributed by atoms with Gasteiger partial charge in [-0.1, -0.05) is 104 Å². The first-order valence-electron chi connectivity index (χ1n) is 13.8. The van der Waals surface area contributed by atoms with Gasteiger partial charge in [-0.05, 0) is 42.1 Å². The third-order valence-corrected chi connectivity index (χ3v) is 7.93. The van der Waals surface area contributed by atoms with Crippen LogP contribution in [0.2, 0.25) is 0 Å². The average Bonchev–Trinajstić information content (AvgIpc) is 3.37. The smallest absolute Gasteiger partial charge is 0.235 e. The molecule has 4 heteroatoms. The molecule has 7 aromatic rings. The van der Waals surface area contributed by atoms with Crippen molar-refractivity contribution in [1.82, 2.24) is 14.5 Å².